The number of methoxy groups -OCH3 is 1. The molecule has 0 fully saturated rings. The summed E-state index contributed by atoms with van der Waals surface area (Å²) in [6.07, 6.45) is 0.536. The molecule has 3 nitrogen and oxygen atoms in total. The molecule has 1 aromatic carbocycles. The maximum atomic E-state index is 10.1. The highest BCUT2D eigenvalue weighted by Gasteiger charge is 2.22. The number of benzene rings is 1. The van der Waals surface area contributed by atoms with Gasteiger partial charge in [0.2, 0.25) is 0 Å². The molecule has 0 amide bonds. The van der Waals surface area contributed by atoms with Crippen molar-refractivity contribution in [2.45, 2.75) is 26.0 Å². The molecule has 3 rings (SSSR count). The predicted molar refractivity (Wildman–Crippen MR) is 82.7 cm³/mol. The van der Waals surface area contributed by atoms with E-state index < -0.39 is 6.10 Å². The smallest absolute Gasteiger partial charge is 0.126 e. The van der Waals surface area contributed by atoms with Gasteiger partial charge in [0.05, 0.1) is 13.2 Å². The first-order valence-corrected chi connectivity index (χ1v) is 7.74. The predicted octanol–water partition coefficient (Wildman–Crippen LogP) is 3.37. The highest BCUT2D eigenvalue weighted by atomic mass is 32.1. The molecule has 1 atom stereocenters. The first-order valence-electron chi connectivity index (χ1n) is 6.86. The van der Waals surface area contributed by atoms with Crippen LogP contribution in [0.1, 0.15) is 29.0 Å². The Morgan fingerprint density at radius 1 is 1.35 bits per heavy atom. The second-order valence-electron chi connectivity index (χ2n) is 5.11. The van der Waals surface area contributed by atoms with E-state index in [-0.39, 0.29) is 0 Å². The van der Waals surface area contributed by atoms with Crippen molar-refractivity contribution in [1.29, 1.82) is 0 Å². The van der Waals surface area contributed by atoms with Gasteiger partial charge in [-0.25, -0.2) is 0 Å². The maximum absolute atomic E-state index is 10.1. The Hall–Kier alpha value is -1.52. The summed E-state index contributed by atoms with van der Waals surface area (Å²) in [5, 5.41) is 12.3. The first-order chi connectivity index (χ1) is 9.70. The Bertz CT molecular complexity index is 606. The van der Waals surface area contributed by atoms with Gasteiger partial charge in [-0.15, -0.1) is 11.3 Å². The van der Waals surface area contributed by atoms with Crippen molar-refractivity contribution < 1.29 is 9.84 Å². The summed E-state index contributed by atoms with van der Waals surface area (Å²) in [5.74, 6) is 0.758. The molecule has 0 saturated carbocycles. The number of aliphatic hydroxyl groups is 1. The molecule has 2 heterocycles. The average molecular weight is 289 g/mol. The van der Waals surface area contributed by atoms with Gasteiger partial charge in [-0.1, -0.05) is 6.07 Å². The van der Waals surface area contributed by atoms with E-state index in [9.17, 15) is 5.11 Å². The number of aliphatic hydroxyl groups excluding tert-OH is 1. The van der Waals surface area contributed by atoms with Crippen molar-refractivity contribution in [3.8, 4) is 5.75 Å². The normalized spacial score (nSPS) is 15.8. The van der Waals surface area contributed by atoms with E-state index in [0.29, 0.717) is 0 Å². The fourth-order valence-corrected chi connectivity index (χ4v) is 3.75. The van der Waals surface area contributed by atoms with Crippen LogP contribution in [0.4, 0.5) is 5.69 Å². The third-order valence-electron chi connectivity index (χ3n) is 3.83. The summed E-state index contributed by atoms with van der Waals surface area (Å²) in [6, 6.07) is 8.17. The largest absolute Gasteiger partial charge is 0.496 e. The molecule has 1 N–H and O–H groups in total. The number of hydrogen-bond donors (Lipinski definition) is 1. The average Bonchev–Trinajstić information content (AvgIpc) is 2.93. The summed E-state index contributed by atoms with van der Waals surface area (Å²) >= 11 is 1.84. The van der Waals surface area contributed by atoms with Gasteiger partial charge in [0, 0.05) is 29.2 Å². The molecule has 2 aromatic rings. The van der Waals surface area contributed by atoms with Crippen LogP contribution in [0, 0.1) is 0 Å². The Labute approximate surface area is 123 Å². The molecular formula is C16H19NO2S. The molecule has 0 radical (unpaired) electrons. The standard InChI is InChI=1S/C16H19NO2S/c1-11(18)16-13(4-3-5-14(16)19-2)17-8-6-15-12(10-17)7-9-20-15/h3-5,7,9,11,18H,6,8,10H2,1-2H3/t11-/m0/s1. The topological polar surface area (TPSA) is 32.7 Å². The molecule has 0 unspecified atom stereocenters. The zero-order valence-electron chi connectivity index (χ0n) is 11.8. The van der Waals surface area contributed by atoms with Crippen LogP contribution < -0.4 is 9.64 Å². The van der Waals surface area contributed by atoms with E-state index in [1.807, 2.05) is 23.5 Å². The number of ether oxygens (including phenoxy) is 1. The van der Waals surface area contributed by atoms with Gasteiger partial charge in [-0.3, -0.25) is 0 Å². The Morgan fingerprint density at radius 3 is 2.95 bits per heavy atom. The lowest BCUT2D eigenvalue weighted by Gasteiger charge is -2.32. The molecule has 0 saturated heterocycles. The maximum Gasteiger partial charge on any atom is 0.126 e. The van der Waals surface area contributed by atoms with E-state index >= 15 is 0 Å². The van der Waals surface area contributed by atoms with Crippen LogP contribution in [-0.2, 0) is 13.0 Å². The van der Waals surface area contributed by atoms with Crippen molar-refractivity contribution in [3.63, 3.8) is 0 Å². The second kappa shape index (κ2) is 5.46. The summed E-state index contributed by atoms with van der Waals surface area (Å²) in [4.78, 5) is 3.82. The molecule has 1 aromatic heterocycles. The number of anilines is 1. The molecule has 0 aliphatic carbocycles. The summed E-state index contributed by atoms with van der Waals surface area (Å²) in [6.45, 7) is 3.69. The Morgan fingerprint density at radius 2 is 2.20 bits per heavy atom. The van der Waals surface area contributed by atoms with Crippen molar-refractivity contribution in [2.75, 3.05) is 18.6 Å². The molecular weight excluding hydrogens is 270 g/mol. The monoisotopic (exact) mass is 289 g/mol. The van der Waals surface area contributed by atoms with Gasteiger partial charge in [0.25, 0.3) is 0 Å². The highest BCUT2D eigenvalue weighted by Crippen LogP contribution is 2.37. The number of fused-ring (bicyclic) bond motifs is 1. The van der Waals surface area contributed by atoms with Crippen molar-refractivity contribution in [3.05, 3.63) is 45.6 Å². The van der Waals surface area contributed by atoms with Gasteiger partial charge in [-0.05, 0) is 42.5 Å². The van der Waals surface area contributed by atoms with Gasteiger partial charge in [0.15, 0.2) is 0 Å². The SMILES string of the molecule is COc1cccc(N2CCc3sccc3C2)c1[C@H](C)O. The van der Waals surface area contributed by atoms with Crippen LogP contribution in [-0.4, -0.2) is 18.8 Å². The van der Waals surface area contributed by atoms with Gasteiger partial charge < -0.3 is 14.7 Å². The molecule has 0 spiro atoms. The number of hydrogen-bond acceptors (Lipinski definition) is 4. The third-order valence-corrected chi connectivity index (χ3v) is 4.85. The second-order valence-corrected chi connectivity index (χ2v) is 6.11. The number of rotatable bonds is 3. The van der Waals surface area contributed by atoms with Crippen LogP contribution in [0.2, 0.25) is 0 Å². The zero-order chi connectivity index (χ0) is 14.1. The molecule has 0 bridgehead atoms. The van der Waals surface area contributed by atoms with Crippen LogP contribution in [0.25, 0.3) is 0 Å². The quantitative estimate of drug-likeness (QED) is 0.940. The van der Waals surface area contributed by atoms with E-state index in [4.69, 9.17) is 4.74 Å². The van der Waals surface area contributed by atoms with E-state index in [1.165, 1.54) is 10.4 Å². The van der Waals surface area contributed by atoms with Crippen LogP contribution in [0.15, 0.2) is 29.6 Å². The molecule has 1 aliphatic heterocycles. The van der Waals surface area contributed by atoms with E-state index in [0.717, 1.165) is 36.5 Å². The lowest BCUT2D eigenvalue weighted by Crippen LogP contribution is -2.30. The van der Waals surface area contributed by atoms with Gasteiger partial charge >= 0.3 is 0 Å². The van der Waals surface area contributed by atoms with Gasteiger partial charge in [0.1, 0.15) is 5.75 Å². The van der Waals surface area contributed by atoms with Crippen LogP contribution in [0.5, 0.6) is 5.75 Å². The van der Waals surface area contributed by atoms with Crippen molar-refractivity contribution >= 4 is 17.0 Å². The lowest BCUT2D eigenvalue weighted by molar-refractivity contribution is 0.194. The minimum absolute atomic E-state index is 0.537. The molecule has 1 aliphatic rings. The zero-order valence-corrected chi connectivity index (χ0v) is 12.6. The summed E-state index contributed by atoms with van der Waals surface area (Å²) in [5.41, 5.74) is 3.37. The van der Waals surface area contributed by atoms with Crippen LogP contribution in [0.3, 0.4) is 0 Å². The minimum atomic E-state index is -0.537. The van der Waals surface area contributed by atoms with E-state index in [1.54, 1.807) is 14.0 Å². The molecule has 106 valence electrons. The Kier molecular flexibility index (Phi) is 3.68. The molecule has 4 heteroatoms. The number of thiophene rings is 1. The Balaban J connectivity index is 1.99. The number of nitrogens with zero attached hydrogens (tertiary/aromatic N) is 1. The highest BCUT2D eigenvalue weighted by molar-refractivity contribution is 7.10. The lowest BCUT2D eigenvalue weighted by atomic mass is 10.0. The third kappa shape index (κ3) is 2.30. The van der Waals surface area contributed by atoms with E-state index in [2.05, 4.69) is 22.4 Å². The van der Waals surface area contributed by atoms with Crippen LogP contribution >= 0.6 is 11.3 Å². The van der Waals surface area contributed by atoms with Crippen molar-refractivity contribution in [1.82, 2.24) is 0 Å². The van der Waals surface area contributed by atoms with Crippen molar-refractivity contribution in [2.24, 2.45) is 0 Å². The first kappa shape index (κ1) is 13.5. The fourth-order valence-electron chi connectivity index (χ4n) is 2.86. The summed E-state index contributed by atoms with van der Waals surface area (Å²) in [7, 11) is 1.65. The fraction of sp³-hybridized carbons (Fsp3) is 0.375. The van der Waals surface area contributed by atoms with Gasteiger partial charge in [-0.2, -0.15) is 0 Å². The minimum Gasteiger partial charge on any atom is -0.496 e. The molecule has 20 heavy (non-hydrogen) atoms. The summed E-state index contributed by atoms with van der Waals surface area (Å²) < 4.78 is 5.41.